The van der Waals surface area contributed by atoms with Crippen molar-refractivity contribution in [1.29, 1.82) is 0 Å². The van der Waals surface area contributed by atoms with E-state index in [4.69, 9.17) is 4.18 Å². The van der Waals surface area contributed by atoms with Crippen molar-refractivity contribution < 1.29 is 8.98 Å². The Balaban J connectivity index is 1.82. The average molecular weight is 334 g/mol. The molecule has 0 fully saturated rings. The molecule has 3 rings (SSSR count). The molecule has 120 valence electrons. The molecule has 0 aliphatic heterocycles. The van der Waals surface area contributed by atoms with Gasteiger partial charge in [-0.3, -0.25) is 8.98 Å². The number of hydrogen-bond donors (Lipinski definition) is 0. The van der Waals surface area contributed by atoms with Crippen LogP contribution in [0.25, 0.3) is 0 Å². The molecule has 0 N–H and O–H groups in total. The molecule has 2 nitrogen and oxygen atoms in total. The molecular weight excluding hydrogens is 316 g/mol. The maximum atomic E-state index is 12.9. The molecule has 1 unspecified atom stereocenters. The molecule has 1 atom stereocenters. The average Bonchev–Trinajstić information content (AvgIpc) is 2.65. The number of rotatable bonds is 6. The Morgan fingerprint density at radius 1 is 0.833 bits per heavy atom. The maximum Gasteiger partial charge on any atom is 0.197 e. The normalized spacial score (nSPS) is 11.9. The van der Waals surface area contributed by atoms with Crippen LogP contribution in [-0.4, -0.2) is 5.78 Å². The zero-order valence-electron chi connectivity index (χ0n) is 13.4. The smallest absolute Gasteiger partial charge is 0.197 e. The van der Waals surface area contributed by atoms with Gasteiger partial charge in [0, 0.05) is 22.5 Å². The predicted octanol–water partition coefficient (Wildman–Crippen LogP) is 5.64. The lowest BCUT2D eigenvalue weighted by molar-refractivity contribution is 0.0824. The topological polar surface area (TPSA) is 26.3 Å². The van der Waals surface area contributed by atoms with Crippen molar-refractivity contribution in [3.8, 4) is 0 Å². The fourth-order valence-corrected chi connectivity index (χ4v) is 2.98. The van der Waals surface area contributed by atoms with Crippen LogP contribution in [0.5, 0.6) is 0 Å². The van der Waals surface area contributed by atoms with Crippen LogP contribution in [0.3, 0.4) is 0 Å². The molecule has 3 aromatic rings. The minimum absolute atomic E-state index is 0.0404. The van der Waals surface area contributed by atoms with Gasteiger partial charge in [-0.25, -0.2) is 0 Å². The van der Waals surface area contributed by atoms with Gasteiger partial charge in [0.1, 0.15) is 0 Å². The minimum atomic E-state index is -0.639. The molecule has 0 radical (unpaired) electrons. The standard InChI is InChI=1S/C21H18O2S/c1-16-12-14-19(15-13-16)24-23-21(18-10-6-3-7-11-18)20(22)17-8-4-2-5-9-17/h2-15,21H,1H3. The van der Waals surface area contributed by atoms with E-state index >= 15 is 0 Å². The molecule has 24 heavy (non-hydrogen) atoms. The molecule has 0 aliphatic carbocycles. The van der Waals surface area contributed by atoms with Gasteiger partial charge in [-0.1, -0.05) is 78.4 Å². The van der Waals surface area contributed by atoms with Gasteiger partial charge in [-0.2, -0.15) is 0 Å². The van der Waals surface area contributed by atoms with Crippen molar-refractivity contribution in [2.45, 2.75) is 17.9 Å². The second kappa shape index (κ2) is 7.95. The summed E-state index contributed by atoms with van der Waals surface area (Å²) in [4.78, 5) is 13.9. The number of hydrogen-bond acceptors (Lipinski definition) is 3. The summed E-state index contributed by atoms with van der Waals surface area (Å²) in [6.07, 6.45) is -0.639. The zero-order valence-corrected chi connectivity index (χ0v) is 14.2. The first-order valence-electron chi connectivity index (χ1n) is 7.78. The van der Waals surface area contributed by atoms with Crippen molar-refractivity contribution >= 4 is 17.8 Å². The van der Waals surface area contributed by atoms with E-state index in [1.54, 1.807) is 0 Å². The van der Waals surface area contributed by atoms with Crippen LogP contribution in [0.1, 0.15) is 27.6 Å². The van der Waals surface area contributed by atoms with Crippen molar-refractivity contribution in [3.63, 3.8) is 0 Å². The summed E-state index contributed by atoms with van der Waals surface area (Å²) in [7, 11) is 0. The molecule has 0 spiro atoms. The molecular formula is C21H18O2S. The summed E-state index contributed by atoms with van der Waals surface area (Å²) in [5, 5.41) is 0. The van der Waals surface area contributed by atoms with Gasteiger partial charge in [-0.05, 0) is 24.6 Å². The molecule has 0 aliphatic rings. The third-order valence-electron chi connectivity index (χ3n) is 3.66. The van der Waals surface area contributed by atoms with Crippen molar-refractivity contribution in [2.24, 2.45) is 0 Å². The lowest BCUT2D eigenvalue weighted by Gasteiger charge is -2.16. The highest BCUT2D eigenvalue weighted by molar-refractivity contribution is 7.94. The van der Waals surface area contributed by atoms with E-state index in [0.29, 0.717) is 5.56 Å². The highest BCUT2D eigenvalue weighted by atomic mass is 32.2. The molecule has 3 heteroatoms. The minimum Gasteiger partial charge on any atom is -0.294 e. The van der Waals surface area contributed by atoms with Crippen LogP contribution < -0.4 is 0 Å². The van der Waals surface area contributed by atoms with Gasteiger partial charge >= 0.3 is 0 Å². The van der Waals surface area contributed by atoms with E-state index in [9.17, 15) is 4.79 Å². The molecule has 0 bridgehead atoms. The van der Waals surface area contributed by atoms with E-state index in [-0.39, 0.29) is 5.78 Å². The highest BCUT2D eigenvalue weighted by Crippen LogP contribution is 2.31. The van der Waals surface area contributed by atoms with Gasteiger partial charge in [-0.15, -0.1) is 0 Å². The summed E-state index contributed by atoms with van der Waals surface area (Å²) >= 11 is 1.23. The third kappa shape index (κ3) is 4.13. The zero-order chi connectivity index (χ0) is 16.8. The predicted molar refractivity (Wildman–Crippen MR) is 98.1 cm³/mol. The second-order valence-corrected chi connectivity index (χ2v) is 6.34. The lowest BCUT2D eigenvalue weighted by atomic mass is 10.0. The molecule has 0 heterocycles. The quantitative estimate of drug-likeness (QED) is 0.431. The Hall–Kier alpha value is -2.36. The number of aryl methyl sites for hydroxylation is 1. The Morgan fingerprint density at radius 2 is 1.42 bits per heavy atom. The van der Waals surface area contributed by atoms with Crippen molar-refractivity contribution in [2.75, 3.05) is 0 Å². The third-order valence-corrected chi connectivity index (χ3v) is 4.41. The number of ketones is 1. The SMILES string of the molecule is Cc1ccc(SOC(C(=O)c2ccccc2)c2ccccc2)cc1. The van der Waals surface area contributed by atoms with Gasteiger partial charge < -0.3 is 0 Å². The monoisotopic (exact) mass is 334 g/mol. The fourth-order valence-electron chi connectivity index (χ4n) is 2.33. The van der Waals surface area contributed by atoms with Gasteiger partial charge in [0.15, 0.2) is 11.9 Å². The van der Waals surface area contributed by atoms with Crippen LogP contribution in [-0.2, 0) is 4.18 Å². The first-order chi connectivity index (χ1) is 11.7. The van der Waals surface area contributed by atoms with E-state index in [1.165, 1.54) is 17.6 Å². The fraction of sp³-hybridized carbons (Fsp3) is 0.0952. The van der Waals surface area contributed by atoms with Crippen LogP contribution in [0, 0.1) is 6.92 Å². The number of carbonyl (C=O) groups excluding carboxylic acids is 1. The molecule has 0 saturated carbocycles. The molecule has 0 aromatic heterocycles. The van der Waals surface area contributed by atoms with E-state index < -0.39 is 6.10 Å². The summed E-state index contributed by atoms with van der Waals surface area (Å²) < 4.78 is 5.94. The van der Waals surface area contributed by atoms with Crippen molar-refractivity contribution in [1.82, 2.24) is 0 Å². The van der Waals surface area contributed by atoms with Gasteiger partial charge in [0.2, 0.25) is 0 Å². The summed E-state index contributed by atoms with van der Waals surface area (Å²) in [6, 6.07) is 26.9. The summed E-state index contributed by atoms with van der Waals surface area (Å²) in [5.74, 6) is -0.0404. The number of benzene rings is 3. The Labute approximate surface area is 146 Å². The Morgan fingerprint density at radius 3 is 2.04 bits per heavy atom. The summed E-state index contributed by atoms with van der Waals surface area (Å²) in [5.41, 5.74) is 2.70. The van der Waals surface area contributed by atoms with Crippen LogP contribution >= 0.6 is 12.0 Å². The van der Waals surface area contributed by atoms with Crippen LogP contribution in [0.4, 0.5) is 0 Å². The van der Waals surface area contributed by atoms with E-state index in [2.05, 4.69) is 0 Å². The van der Waals surface area contributed by atoms with Crippen molar-refractivity contribution in [3.05, 3.63) is 102 Å². The highest BCUT2D eigenvalue weighted by Gasteiger charge is 2.23. The summed E-state index contributed by atoms with van der Waals surface area (Å²) in [6.45, 7) is 2.04. The first kappa shape index (κ1) is 16.5. The van der Waals surface area contributed by atoms with E-state index in [0.717, 1.165) is 10.5 Å². The maximum absolute atomic E-state index is 12.9. The largest absolute Gasteiger partial charge is 0.294 e. The lowest BCUT2D eigenvalue weighted by Crippen LogP contribution is -2.14. The van der Waals surface area contributed by atoms with Gasteiger partial charge in [0.25, 0.3) is 0 Å². The second-order valence-electron chi connectivity index (χ2n) is 5.51. The van der Waals surface area contributed by atoms with Crippen LogP contribution in [0.15, 0.2) is 89.8 Å². The number of carbonyl (C=O) groups is 1. The van der Waals surface area contributed by atoms with Gasteiger partial charge in [0.05, 0.1) is 0 Å². The molecule has 3 aromatic carbocycles. The Bertz CT molecular complexity index is 783. The molecule has 0 amide bonds. The molecule has 0 saturated heterocycles. The first-order valence-corrected chi connectivity index (χ1v) is 8.52. The van der Waals surface area contributed by atoms with E-state index in [1.807, 2.05) is 91.9 Å². The van der Waals surface area contributed by atoms with Crippen LogP contribution in [0.2, 0.25) is 0 Å². The Kier molecular flexibility index (Phi) is 5.47. The number of Topliss-reactive ketones (excluding diaryl/α,β-unsaturated/α-hetero) is 1.